The summed E-state index contributed by atoms with van der Waals surface area (Å²) in [4.78, 5) is 11.5. The average Bonchev–Trinajstić information content (AvgIpc) is 2.69. The van der Waals surface area contributed by atoms with Crippen molar-refractivity contribution in [1.82, 2.24) is 5.32 Å². The van der Waals surface area contributed by atoms with Gasteiger partial charge in [-0.2, -0.15) is 16.6 Å². The van der Waals surface area contributed by atoms with Crippen LogP contribution in [0.4, 0.5) is 0 Å². The number of thiophene rings is 1. The Hall–Kier alpha value is -1.34. The van der Waals surface area contributed by atoms with Gasteiger partial charge in [0.1, 0.15) is 6.04 Å². The lowest BCUT2D eigenvalue weighted by Crippen LogP contribution is -2.34. The van der Waals surface area contributed by atoms with Gasteiger partial charge in [0.2, 0.25) is 5.91 Å². The Balaban J connectivity index is 2.38. The Morgan fingerprint density at radius 1 is 1.73 bits per heavy atom. The van der Waals surface area contributed by atoms with E-state index < -0.39 is 0 Å². The molecule has 0 radical (unpaired) electrons. The van der Waals surface area contributed by atoms with Gasteiger partial charge in [-0.05, 0) is 28.8 Å². The van der Waals surface area contributed by atoms with E-state index in [1.165, 1.54) is 0 Å². The van der Waals surface area contributed by atoms with Crippen molar-refractivity contribution in [2.75, 3.05) is 0 Å². The van der Waals surface area contributed by atoms with Crippen molar-refractivity contribution in [3.8, 4) is 6.07 Å². The van der Waals surface area contributed by atoms with Crippen molar-refractivity contribution in [1.29, 1.82) is 5.26 Å². The van der Waals surface area contributed by atoms with Gasteiger partial charge >= 0.3 is 0 Å². The van der Waals surface area contributed by atoms with Crippen molar-refractivity contribution < 1.29 is 4.79 Å². The van der Waals surface area contributed by atoms with Crippen LogP contribution >= 0.6 is 11.3 Å². The topological polar surface area (TPSA) is 52.9 Å². The van der Waals surface area contributed by atoms with Crippen LogP contribution in [0.3, 0.4) is 0 Å². The fourth-order valence-electron chi connectivity index (χ4n) is 1.28. The van der Waals surface area contributed by atoms with Gasteiger partial charge in [-0.15, -0.1) is 0 Å². The standard InChI is InChI=1S/C11H14N2OS/c1-2-3-10(7-12)13-11(14)6-9-4-5-15-8-9/h4-5,8,10H,2-3,6H2,1H3,(H,13,14). The van der Waals surface area contributed by atoms with Crippen LogP contribution < -0.4 is 5.32 Å². The molecule has 1 aromatic heterocycles. The van der Waals surface area contributed by atoms with Crippen molar-refractivity contribution in [2.45, 2.75) is 32.2 Å². The number of nitrogens with one attached hydrogen (secondary N) is 1. The maximum absolute atomic E-state index is 11.5. The number of amides is 1. The van der Waals surface area contributed by atoms with E-state index in [1.807, 2.05) is 23.8 Å². The van der Waals surface area contributed by atoms with E-state index in [-0.39, 0.29) is 11.9 Å². The van der Waals surface area contributed by atoms with Gasteiger partial charge in [-0.3, -0.25) is 4.79 Å². The third-order valence-electron chi connectivity index (χ3n) is 2.01. The normalized spacial score (nSPS) is 11.7. The second-order valence-corrected chi connectivity index (χ2v) is 4.13. The molecule has 0 fully saturated rings. The first kappa shape index (κ1) is 11.7. The zero-order valence-corrected chi connectivity index (χ0v) is 9.51. The molecule has 15 heavy (non-hydrogen) atoms. The number of hydrogen-bond donors (Lipinski definition) is 1. The van der Waals surface area contributed by atoms with E-state index in [2.05, 4.69) is 11.4 Å². The molecular formula is C11H14N2OS. The van der Waals surface area contributed by atoms with Crippen molar-refractivity contribution in [2.24, 2.45) is 0 Å². The molecule has 1 rings (SSSR count). The van der Waals surface area contributed by atoms with Crippen LogP contribution in [-0.4, -0.2) is 11.9 Å². The van der Waals surface area contributed by atoms with Gasteiger partial charge in [0.15, 0.2) is 0 Å². The molecule has 80 valence electrons. The monoisotopic (exact) mass is 222 g/mol. The highest BCUT2D eigenvalue weighted by molar-refractivity contribution is 7.07. The summed E-state index contributed by atoms with van der Waals surface area (Å²) in [5.41, 5.74) is 1.01. The van der Waals surface area contributed by atoms with E-state index in [9.17, 15) is 4.79 Å². The maximum Gasteiger partial charge on any atom is 0.225 e. The predicted octanol–water partition coefficient (Wildman–Crippen LogP) is 2.10. The largest absolute Gasteiger partial charge is 0.340 e. The number of rotatable bonds is 5. The number of nitrogens with zero attached hydrogens (tertiary/aromatic N) is 1. The maximum atomic E-state index is 11.5. The summed E-state index contributed by atoms with van der Waals surface area (Å²) in [6.45, 7) is 2.00. The lowest BCUT2D eigenvalue weighted by atomic mass is 10.1. The molecule has 0 aromatic carbocycles. The molecule has 1 atom stereocenters. The van der Waals surface area contributed by atoms with Crippen molar-refractivity contribution >= 4 is 17.2 Å². The first-order valence-corrected chi connectivity index (χ1v) is 5.90. The van der Waals surface area contributed by atoms with Crippen LogP contribution in [0, 0.1) is 11.3 Å². The molecule has 0 bridgehead atoms. The van der Waals surface area contributed by atoms with Crippen LogP contribution in [0.1, 0.15) is 25.3 Å². The molecule has 0 aliphatic rings. The summed E-state index contributed by atoms with van der Waals surface area (Å²) in [6, 6.07) is 3.66. The molecule has 0 saturated heterocycles. The lowest BCUT2D eigenvalue weighted by molar-refractivity contribution is -0.120. The summed E-state index contributed by atoms with van der Waals surface area (Å²) in [5, 5.41) is 15.4. The molecule has 1 amide bonds. The van der Waals surface area contributed by atoms with Crippen molar-refractivity contribution in [3.05, 3.63) is 22.4 Å². The summed E-state index contributed by atoms with van der Waals surface area (Å²) in [6.07, 6.45) is 1.98. The minimum atomic E-state index is -0.346. The molecule has 0 aliphatic heterocycles. The van der Waals surface area contributed by atoms with Crippen LogP contribution in [0.5, 0.6) is 0 Å². The van der Waals surface area contributed by atoms with E-state index in [1.54, 1.807) is 11.3 Å². The fourth-order valence-corrected chi connectivity index (χ4v) is 1.95. The number of nitriles is 1. The van der Waals surface area contributed by atoms with Gasteiger partial charge < -0.3 is 5.32 Å². The molecule has 0 spiro atoms. The molecular weight excluding hydrogens is 208 g/mol. The highest BCUT2D eigenvalue weighted by Crippen LogP contribution is 2.06. The van der Waals surface area contributed by atoms with E-state index in [4.69, 9.17) is 5.26 Å². The number of carbonyl (C=O) groups is 1. The third kappa shape index (κ3) is 4.13. The summed E-state index contributed by atoms with van der Waals surface area (Å²) < 4.78 is 0. The quantitative estimate of drug-likeness (QED) is 0.829. The van der Waals surface area contributed by atoms with Crippen LogP contribution in [0.15, 0.2) is 16.8 Å². The molecule has 0 saturated carbocycles. The van der Waals surface area contributed by atoms with E-state index >= 15 is 0 Å². The predicted molar refractivity (Wildman–Crippen MR) is 60.5 cm³/mol. The highest BCUT2D eigenvalue weighted by Gasteiger charge is 2.10. The Labute approximate surface area is 93.7 Å². The first-order valence-electron chi connectivity index (χ1n) is 4.96. The van der Waals surface area contributed by atoms with Crippen molar-refractivity contribution in [3.63, 3.8) is 0 Å². The molecule has 1 heterocycles. The lowest BCUT2D eigenvalue weighted by Gasteiger charge is -2.09. The minimum absolute atomic E-state index is 0.0756. The SMILES string of the molecule is CCCC(C#N)NC(=O)Cc1ccsc1. The highest BCUT2D eigenvalue weighted by atomic mass is 32.1. The van der Waals surface area contributed by atoms with Crippen LogP contribution in [0.2, 0.25) is 0 Å². The molecule has 1 N–H and O–H groups in total. The summed E-state index contributed by atoms with van der Waals surface area (Å²) >= 11 is 1.57. The van der Waals surface area contributed by atoms with Crippen LogP contribution in [0.25, 0.3) is 0 Å². The van der Waals surface area contributed by atoms with Gasteiger partial charge in [0.25, 0.3) is 0 Å². The van der Waals surface area contributed by atoms with Gasteiger partial charge in [0, 0.05) is 0 Å². The fraction of sp³-hybridized carbons (Fsp3) is 0.455. The molecule has 3 nitrogen and oxygen atoms in total. The average molecular weight is 222 g/mol. The Morgan fingerprint density at radius 2 is 2.53 bits per heavy atom. The third-order valence-corrected chi connectivity index (χ3v) is 2.75. The minimum Gasteiger partial charge on any atom is -0.340 e. The second-order valence-electron chi connectivity index (χ2n) is 3.35. The van der Waals surface area contributed by atoms with Crippen LogP contribution in [-0.2, 0) is 11.2 Å². The number of carbonyl (C=O) groups excluding carboxylic acids is 1. The summed E-state index contributed by atoms with van der Waals surface area (Å²) in [7, 11) is 0. The smallest absolute Gasteiger partial charge is 0.225 e. The van der Waals surface area contributed by atoms with E-state index in [0.717, 1.165) is 12.0 Å². The first-order chi connectivity index (χ1) is 7.26. The molecule has 1 aromatic rings. The Bertz CT molecular complexity index is 340. The van der Waals surface area contributed by atoms with Gasteiger partial charge in [0.05, 0.1) is 12.5 Å². The molecule has 1 unspecified atom stereocenters. The zero-order valence-electron chi connectivity index (χ0n) is 8.69. The zero-order chi connectivity index (χ0) is 11.1. The number of hydrogen-bond acceptors (Lipinski definition) is 3. The summed E-state index contributed by atoms with van der Waals surface area (Å²) in [5.74, 6) is -0.0756. The Morgan fingerprint density at radius 3 is 3.07 bits per heavy atom. The van der Waals surface area contributed by atoms with Gasteiger partial charge in [-0.25, -0.2) is 0 Å². The Kier molecular flexibility index (Phi) is 4.85. The molecule has 4 heteroatoms. The van der Waals surface area contributed by atoms with Gasteiger partial charge in [-0.1, -0.05) is 13.3 Å². The van der Waals surface area contributed by atoms with E-state index in [0.29, 0.717) is 12.8 Å². The second kappa shape index (κ2) is 6.20. The molecule has 0 aliphatic carbocycles.